The molecule has 0 radical (unpaired) electrons. The maximum atomic E-state index is 12.4. The Morgan fingerprint density at radius 3 is 2.38 bits per heavy atom. The normalized spacial score (nSPS) is 18.4. The van der Waals surface area contributed by atoms with Crippen LogP contribution in [0.25, 0.3) is 0 Å². The average molecular weight is 280 g/mol. The summed E-state index contributed by atoms with van der Waals surface area (Å²) in [4.78, 5) is 12.4. The summed E-state index contributed by atoms with van der Waals surface area (Å²) in [5.74, 6) is 0.264. The first-order chi connectivity index (χ1) is 10.3. The number of rotatable bonds is 4. The second kappa shape index (κ2) is 6.68. The summed E-state index contributed by atoms with van der Waals surface area (Å²) in [6.45, 7) is 1.37. The lowest BCUT2D eigenvalue weighted by molar-refractivity contribution is 0.0461. The van der Waals surface area contributed by atoms with Crippen LogP contribution >= 0.6 is 0 Å². The van der Waals surface area contributed by atoms with E-state index in [9.17, 15) is 4.79 Å². The van der Waals surface area contributed by atoms with E-state index in [1.54, 1.807) is 0 Å². The molecule has 21 heavy (non-hydrogen) atoms. The minimum Gasteiger partial charge on any atom is -0.381 e. The minimum absolute atomic E-state index is 0.0405. The molecule has 1 heterocycles. The quantitative estimate of drug-likeness (QED) is 0.794. The third-order valence-corrected chi connectivity index (χ3v) is 4.02. The van der Waals surface area contributed by atoms with E-state index in [1.165, 1.54) is 11.1 Å². The van der Waals surface area contributed by atoms with Gasteiger partial charge in [0, 0.05) is 18.1 Å². The molecule has 2 nitrogen and oxygen atoms in total. The van der Waals surface area contributed by atoms with Crippen molar-refractivity contribution in [3.63, 3.8) is 0 Å². The molecular weight excluding hydrogens is 260 g/mol. The smallest absolute Gasteiger partial charge is 0.168 e. The van der Waals surface area contributed by atoms with Gasteiger partial charge in [-0.25, -0.2) is 0 Å². The molecule has 2 aromatic rings. The Kier molecular flexibility index (Phi) is 4.46. The van der Waals surface area contributed by atoms with Gasteiger partial charge in [-0.15, -0.1) is 0 Å². The summed E-state index contributed by atoms with van der Waals surface area (Å²) < 4.78 is 5.41. The molecule has 0 amide bonds. The number of hydrogen-bond donors (Lipinski definition) is 0. The summed E-state index contributed by atoms with van der Waals surface area (Å²) in [7, 11) is 0. The van der Waals surface area contributed by atoms with Crippen molar-refractivity contribution in [2.45, 2.75) is 19.3 Å². The molecule has 0 aliphatic carbocycles. The lowest BCUT2D eigenvalue weighted by atomic mass is 9.92. The first kappa shape index (κ1) is 14.0. The molecule has 0 N–H and O–H groups in total. The first-order valence-electron chi connectivity index (χ1n) is 7.58. The van der Waals surface area contributed by atoms with Gasteiger partial charge in [0.15, 0.2) is 5.78 Å². The molecule has 2 aromatic carbocycles. The molecule has 1 unspecified atom stereocenters. The van der Waals surface area contributed by atoms with Crippen molar-refractivity contribution in [2.75, 3.05) is 13.2 Å². The van der Waals surface area contributed by atoms with Crippen LogP contribution in [0.2, 0.25) is 0 Å². The Morgan fingerprint density at radius 2 is 1.71 bits per heavy atom. The van der Waals surface area contributed by atoms with Crippen molar-refractivity contribution in [2.24, 2.45) is 5.92 Å². The molecule has 1 atom stereocenters. The van der Waals surface area contributed by atoms with Crippen molar-refractivity contribution >= 4 is 5.78 Å². The minimum atomic E-state index is 0.0405. The van der Waals surface area contributed by atoms with Crippen LogP contribution in [0.3, 0.4) is 0 Å². The highest BCUT2D eigenvalue weighted by Crippen LogP contribution is 2.20. The number of benzene rings is 2. The van der Waals surface area contributed by atoms with Gasteiger partial charge in [-0.1, -0.05) is 54.6 Å². The van der Waals surface area contributed by atoms with Gasteiger partial charge in [-0.05, 0) is 30.4 Å². The predicted molar refractivity (Wildman–Crippen MR) is 83.6 cm³/mol. The van der Waals surface area contributed by atoms with Crippen LogP contribution in [0.5, 0.6) is 0 Å². The summed E-state index contributed by atoms with van der Waals surface area (Å²) in [6.07, 6.45) is 2.84. The monoisotopic (exact) mass is 280 g/mol. The maximum absolute atomic E-state index is 12.4. The summed E-state index contributed by atoms with van der Waals surface area (Å²) in [5.41, 5.74) is 3.33. The van der Waals surface area contributed by atoms with Crippen LogP contribution in [0, 0.1) is 5.92 Å². The lowest BCUT2D eigenvalue weighted by Crippen LogP contribution is -2.25. The van der Waals surface area contributed by atoms with Crippen molar-refractivity contribution in [3.8, 4) is 0 Å². The molecule has 1 aliphatic heterocycles. The van der Waals surface area contributed by atoms with Gasteiger partial charge in [-0.2, -0.15) is 0 Å². The fourth-order valence-electron chi connectivity index (χ4n) is 2.80. The highest BCUT2D eigenvalue weighted by Gasteiger charge is 2.22. The highest BCUT2D eigenvalue weighted by atomic mass is 16.5. The predicted octanol–water partition coefficient (Wildman–Crippen LogP) is 3.89. The van der Waals surface area contributed by atoms with E-state index in [0.29, 0.717) is 6.61 Å². The zero-order chi connectivity index (χ0) is 14.5. The fraction of sp³-hybridized carbons (Fsp3) is 0.316. The van der Waals surface area contributed by atoms with Gasteiger partial charge in [0.1, 0.15) is 0 Å². The van der Waals surface area contributed by atoms with Gasteiger partial charge in [-0.3, -0.25) is 4.79 Å². The molecule has 1 fully saturated rings. The second-order valence-electron chi connectivity index (χ2n) is 5.64. The van der Waals surface area contributed by atoms with Crippen LogP contribution in [0.15, 0.2) is 54.6 Å². The second-order valence-corrected chi connectivity index (χ2v) is 5.64. The third-order valence-electron chi connectivity index (χ3n) is 4.02. The number of carbonyl (C=O) groups is 1. The highest BCUT2D eigenvalue weighted by molar-refractivity contribution is 5.98. The van der Waals surface area contributed by atoms with Gasteiger partial charge in [0.05, 0.1) is 6.61 Å². The molecule has 0 bridgehead atoms. The van der Waals surface area contributed by atoms with E-state index in [4.69, 9.17) is 4.74 Å². The van der Waals surface area contributed by atoms with Gasteiger partial charge in [0.25, 0.3) is 0 Å². The topological polar surface area (TPSA) is 26.3 Å². The Labute approximate surface area is 125 Å². The summed E-state index contributed by atoms with van der Waals surface area (Å²) in [6, 6.07) is 18.4. The van der Waals surface area contributed by atoms with Gasteiger partial charge >= 0.3 is 0 Å². The molecule has 2 heteroatoms. The van der Waals surface area contributed by atoms with Crippen LogP contribution in [0.1, 0.15) is 34.3 Å². The third kappa shape index (κ3) is 3.59. The number of hydrogen-bond acceptors (Lipinski definition) is 2. The zero-order valence-corrected chi connectivity index (χ0v) is 12.1. The van der Waals surface area contributed by atoms with E-state index in [-0.39, 0.29) is 11.7 Å². The number of carbonyl (C=O) groups excluding carboxylic acids is 1. The maximum Gasteiger partial charge on any atom is 0.168 e. The lowest BCUT2D eigenvalue weighted by Gasteiger charge is -2.20. The van der Waals surface area contributed by atoms with Gasteiger partial charge in [0.2, 0.25) is 0 Å². The number of Topliss-reactive ketones (excluding diaryl/α,β-unsaturated/α-hetero) is 1. The van der Waals surface area contributed by atoms with E-state index in [1.807, 2.05) is 18.2 Å². The van der Waals surface area contributed by atoms with Crippen molar-refractivity contribution in [1.82, 2.24) is 0 Å². The Morgan fingerprint density at radius 1 is 1.00 bits per heavy atom. The standard InChI is InChI=1S/C19H20O2/c20-19(18-7-4-12-21-14-18)17-10-8-16(9-11-17)13-15-5-2-1-3-6-15/h1-3,5-6,8-11,18H,4,7,12-14H2. The summed E-state index contributed by atoms with van der Waals surface area (Å²) in [5, 5.41) is 0. The van der Waals surface area contributed by atoms with E-state index in [2.05, 4.69) is 36.4 Å². The SMILES string of the molecule is O=C(c1ccc(Cc2ccccc2)cc1)C1CCCOC1. The van der Waals surface area contributed by atoms with Crippen LogP contribution in [-0.2, 0) is 11.2 Å². The van der Waals surface area contributed by atoms with E-state index < -0.39 is 0 Å². The molecule has 1 saturated heterocycles. The Bertz CT molecular complexity index is 581. The van der Waals surface area contributed by atoms with Crippen LogP contribution < -0.4 is 0 Å². The largest absolute Gasteiger partial charge is 0.381 e. The molecule has 1 aliphatic rings. The van der Waals surface area contributed by atoms with Crippen molar-refractivity contribution < 1.29 is 9.53 Å². The van der Waals surface area contributed by atoms with Gasteiger partial charge < -0.3 is 4.74 Å². The van der Waals surface area contributed by atoms with Crippen LogP contribution in [0.4, 0.5) is 0 Å². The first-order valence-corrected chi connectivity index (χ1v) is 7.58. The van der Waals surface area contributed by atoms with Crippen molar-refractivity contribution in [1.29, 1.82) is 0 Å². The fourth-order valence-corrected chi connectivity index (χ4v) is 2.80. The summed E-state index contributed by atoms with van der Waals surface area (Å²) >= 11 is 0. The Hall–Kier alpha value is -1.93. The molecule has 3 rings (SSSR count). The van der Waals surface area contributed by atoms with Crippen LogP contribution in [-0.4, -0.2) is 19.0 Å². The molecular formula is C19H20O2. The van der Waals surface area contributed by atoms with E-state index in [0.717, 1.165) is 31.4 Å². The van der Waals surface area contributed by atoms with E-state index >= 15 is 0 Å². The Balaban J connectivity index is 1.67. The molecule has 0 aromatic heterocycles. The average Bonchev–Trinajstić information content (AvgIpc) is 2.57. The number of ketones is 1. The zero-order valence-electron chi connectivity index (χ0n) is 12.1. The van der Waals surface area contributed by atoms with Crippen molar-refractivity contribution in [3.05, 3.63) is 71.3 Å². The molecule has 0 saturated carbocycles. The molecule has 0 spiro atoms. The number of ether oxygens (including phenoxy) is 1. The molecule has 108 valence electrons.